The largest absolute Gasteiger partial charge is 0.478 e. The van der Waals surface area contributed by atoms with E-state index in [0.29, 0.717) is 17.9 Å². The van der Waals surface area contributed by atoms with Gasteiger partial charge in [-0.1, -0.05) is 41.4 Å². The maximum Gasteiger partial charge on any atom is 0.337 e. The Balaban J connectivity index is 1.69. The summed E-state index contributed by atoms with van der Waals surface area (Å²) in [6, 6.07) is 17.2. The predicted molar refractivity (Wildman–Crippen MR) is 103 cm³/mol. The number of benzene rings is 2. The highest BCUT2D eigenvalue weighted by atomic mass is 35.5. The molecule has 134 valence electrons. The van der Waals surface area contributed by atoms with E-state index in [2.05, 4.69) is 43.4 Å². The first-order valence-corrected chi connectivity index (χ1v) is 8.73. The number of carboxylic acid groups (broad SMARTS) is 1. The summed E-state index contributed by atoms with van der Waals surface area (Å²) in [6.07, 6.45) is 0. The molecule has 3 aromatic rings. The number of furan rings is 1. The lowest BCUT2D eigenvalue weighted by Crippen LogP contribution is -2.17. The Labute approximate surface area is 157 Å². The second-order valence-corrected chi connectivity index (χ2v) is 6.69. The molecule has 4 nitrogen and oxygen atoms in total. The normalized spacial score (nSPS) is 12.1. The Bertz CT molecular complexity index is 915. The maximum atomic E-state index is 11.2. The average molecular weight is 370 g/mol. The van der Waals surface area contributed by atoms with Gasteiger partial charge in [0.15, 0.2) is 0 Å². The van der Waals surface area contributed by atoms with Crippen LogP contribution in [0.3, 0.4) is 0 Å². The van der Waals surface area contributed by atoms with Crippen LogP contribution >= 0.6 is 11.6 Å². The summed E-state index contributed by atoms with van der Waals surface area (Å²) in [5.41, 5.74) is 3.20. The van der Waals surface area contributed by atoms with E-state index >= 15 is 0 Å². The van der Waals surface area contributed by atoms with Gasteiger partial charge < -0.3 is 14.8 Å². The van der Waals surface area contributed by atoms with Crippen LogP contribution in [0.15, 0.2) is 59.0 Å². The van der Waals surface area contributed by atoms with Crippen LogP contribution in [0.2, 0.25) is 5.02 Å². The summed E-state index contributed by atoms with van der Waals surface area (Å²) in [7, 11) is 0. The van der Waals surface area contributed by atoms with Crippen LogP contribution in [-0.4, -0.2) is 11.1 Å². The zero-order chi connectivity index (χ0) is 18.7. The van der Waals surface area contributed by atoms with E-state index in [1.165, 1.54) is 17.2 Å². The predicted octanol–water partition coefficient (Wildman–Crippen LogP) is 5.46. The van der Waals surface area contributed by atoms with Gasteiger partial charge >= 0.3 is 5.97 Å². The number of halogens is 1. The Hall–Kier alpha value is -2.56. The number of aryl methyl sites for hydroxylation is 1. The van der Waals surface area contributed by atoms with Crippen molar-refractivity contribution in [2.45, 2.75) is 26.4 Å². The summed E-state index contributed by atoms with van der Waals surface area (Å²) in [5.74, 6) is 0.340. The number of aromatic carboxylic acids is 1. The smallest absolute Gasteiger partial charge is 0.337 e. The van der Waals surface area contributed by atoms with Gasteiger partial charge in [-0.3, -0.25) is 0 Å². The molecule has 2 aromatic carbocycles. The second kappa shape index (κ2) is 7.77. The van der Waals surface area contributed by atoms with Gasteiger partial charge in [0.1, 0.15) is 11.5 Å². The number of hydrogen-bond donors (Lipinski definition) is 2. The fraction of sp³-hybridized carbons (Fsp3) is 0.190. The SMILES string of the molecule is Cc1ccc([C@@H](C)NCc2ccc(-c3ccc(Cl)c(C(=O)O)c3)o2)cc1. The molecule has 1 heterocycles. The molecule has 2 N–H and O–H groups in total. The van der Waals surface area contributed by atoms with Crippen LogP contribution in [0.4, 0.5) is 0 Å². The topological polar surface area (TPSA) is 62.5 Å². The van der Waals surface area contributed by atoms with Crippen LogP contribution in [-0.2, 0) is 6.54 Å². The number of carboxylic acids is 1. The third kappa shape index (κ3) is 4.15. The fourth-order valence-electron chi connectivity index (χ4n) is 2.70. The number of hydrogen-bond acceptors (Lipinski definition) is 3. The Kier molecular flexibility index (Phi) is 5.45. The Morgan fingerprint density at radius 1 is 1.15 bits per heavy atom. The number of rotatable bonds is 6. The Morgan fingerprint density at radius 2 is 1.88 bits per heavy atom. The van der Waals surface area contributed by atoms with Crippen molar-refractivity contribution in [3.05, 3.63) is 82.1 Å². The number of nitrogens with one attached hydrogen (secondary N) is 1. The zero-order valence-electron chi connectivity index (χ0n) is 14.6. The summed E-state index contributed by atoms with van der Waals surface area (Å²) >= 11 is 5.91. The van der Waals surface area contributed by atoms with Gasteiger partial charge in [0.2, 0.25) is 0 Å². The van der Waals surface area contributed by atoms with Gasteiger partial charge in [-0.2, -0.15) is 0 Å². The van der Waals surface area contributed by atoms with Crippen molar-refractivity contribution in [1.29, 1.82) is 0 Å². The molecule has 0 unspecified atom stereocenters. The van der Waals surface area contributed by atoms with E-state index in [0.717, 1.165) is 5.76 Å². The third-order valence-corrected chi connectivity index (χ3v) is 4.63. The van der Waals surface area contributed by atoms with Crippen LogP contribution in [0.25, 0.3) is 11.3 Å². The first kappa shape index (κ1) is 18.2. The minimum absolute atomic E-state index is 0.0632. The molecule has 0 fully saturated rings. The van der Waals surface area contributed by atoms with Crippen molar-refractivity contribution in [2.75, 3.05) is 0 Å². The minimum atomic E-state index is -1.06. The highest BCUT2D eigenvalue weighted by molar-refractivity contribution is 6.33. The number of carbonyl (C=O) groups is 1. The van der Waals surface area contributed by atoms with Crippen molar-refractivity contribution in [3.63, 3.8) is 0 Å². The van der Waals surface area contributed by atoms with E-state index in [1.54, 1.807) is 12.1 Å². The molecule has 1 aromatic heterocycles. The molecule has 0 saturated heterocycles. The van der Waals surface area contributed by atoms with Gasteiger partial charge in [0.25, 0.3) is 0 Å². The highest BCUT2D eigenvalue weighted by Crippen LogP contribution is 2.27. The van der Waals surface area contributed by atoms with Crippen molar-refractivity contribution >= 4 is 17.6 Å². The third-order valence-electron chi connectivity index (χ3n) is 4.30. The first-order valence-electron chi connectivity index (χ1n) is 8.36. The summed E-state index contributed by atoms with van der Waals surface area (Å²) in [6.45, 7) is 4.75. The van der Waals surface area contributed by atoms with Crippen LogP contribution in [0.1, 0.15) is 40.2 Å². The molecule has 0 aliphatic rings. The van der Waals surface area contributed by atoms with E-state index in [-0.39, 0.29) is 16.6 Å². The first-order chi connectivity index (χ1) is 12.4. The molecular formula is C21H20ClNO3. The molecular weight excluding hydrogens is 350 g/mol. The molecule has 0 saturated carbocycles. The summed E-state index contributed by atoms with van der Waals surface area (Å²) < 4.78 is 5.85. The maximum absolute atomic E-state index is 11.2. The van der Waals surface area contributed by atoms with Gasteiger partial charge in [-0.15, -0.1) is 0 Å². The monoisotopic (exact) mass is 369 g/mol. The van der Waals surface area contributed by atoms with Crippen LogP contribution in [0, 0.1) is 6.92 Å². The molecule has 0 spiro atoms. The van der Waals surface area contributed by atoms with Crippen molar-refractivity contribution in [1.82, 2.24) is 5.32 Å². The second-order valence-electron chi connectivity index (χ2n) is 6.28. The molecule has 0 aliphatic carbocycles. The molecule has 3 rings (SSSR count). The van der Waals surface area contributed by atoms with Crippen LogP contribution < -0.4 is 5.32 Å². The van der Waals surface area contributed by atoms with Crippen molar-refractivity contribution in [3.8, 4) is 11.3 Å². The minimum Gasteiger partial charge on any atom is -0.478 e. The lowest BCUT2D eigenvalue weighted by Gasteiger charge is -2.13. The summed E-state index contributed by atoms with van der Waals surface area (Å²) in [4.78, 5) is 11.2. The van der Waals surface area contributed by atoms with Gasteiger partial charge in [0.05, 0.1) is 17.1 Å². The molecule has 0 amide bonds. The molecule has 0 bridgehead atoms. The molecule has 5 heteroatoms. The van der Waals surface area contributed by atoms with E-state index in [4.69, 9.17) is 16.0 Å². The van der Waals surface area contributed by atoms with Crippen LogP contribution in [0.5, 0.6) is 0 Å². The fourth-order valence-corrected chi connectivity index (χ4v) is 2.90. The standard InChI is InChI=1S/C21H20ClNO3/c1-13-3-5-15(6-4-13)14(2)23-12-17-8-10-20(26-17)16-7-9-19(22)18(11-16)21(24)25/h3-11,14,23H,12H2,1-2H3,(H,24,25)/t14-/m1/s1. The highest BCUT2D eigenvalue weighted by Gasteiger charge is 2.13. The van der Waals surface area contributed by atoms with E-state index in [1.807, 2.05) is 12.1 Å². The van der Waals surface area contributed by atoms with Gasteiger partial charge in [0, 0.05) is 11.6 Å². The molecule has 26 heavy (non-hydrogen) atoms. The average Bonchev–Trinajstić information content (AvgIpc) is 3.09. The van der Waals surface area contributed by atoms with E-state index in [9.17, 15) is 9.90 Å². The molecule has 0 aliphatic heterocycles. The van der Waals surface area contributed by atoms with Gasteiger partial charge in [-0.05, 0) is 49.7 Å². The molecule has 0 radical (unpaired) electrons. The molecule has 1 atom stereocenters. The lowest BCUT2D eigenvalue weighted by molar-refractivity contribution is 0.0697. The Morgan fingerprint density at radius 3 is 2.58 bits per heavy atom. The summed E-state index contributed by atoms with van der Waals surface area (Å²) in [5, 5.41) is 12.8. The van der Waals surface area contributed by atoms with Crippen molar-refractivity contribution < 1.29 is 14.3 Å². The van der Waals surface area contributed by atoms with Crippen molar-refractivity contribution in [2.24, 2.45) is 0 Å². The zero-order valence-corrected chi connectivity index (χ0v) is 15.4. The van der Waals surface area contributed by atoms with Gasteiger partial charge in [-0.25, -0.2) is 4.79 Å². The van der Waals surface area contributed by atoms with E-state index < -0.39 is 5.97 Å². The lowest BCUT2D eigenvalue weighted by atomic mass is 10.1. The quantitative estimate of drug-likeness (QED) is 0.605.